The van der Waals surface area contributed by atoms with Gasteiger partial charge in [-0.05, 0) is 18.9 Å². The molecule has 20 heavy (non-hydrogen) atoms. The first kappa shape index (κ1) is 13.6. The lowest BCUT2D eigenvalue weighted by atomic mass is 10.2. The highest BCUT2D eigenvalue weighted by molar-refractivity contribution is 6.33. The van der Waals surface area contributed by atoms with Gasteiger partial charge in [0.05, 0.1) is 17.3 Å². The molecule has 2 aliphatic rings. The number of carbonyl (C=O) groups is 1. The van der Waals surface area contributed by atoms with Gasteiger partial charge in [0.25, 0.3) is 0 Å². The summed E-state index contributed by atoms with van der Waals surface area (Å²) in [6.07, 6.45) is 5.71. The van der Waals surface area contributed by atoms with Crippen LogP contribution in [0, 0.1) is 0 Å². The van der Waals surface area contributed by atoms with Crippen LogP contribution in [0.1, 0.15) is 12.8 Å². The van der Waals surface area contributed by atoms with Crippen molar-refractivity contribution in [3.05, 3.63) is 23.5 Å². The molecule has 6 heteroatoms. The molecule has 1 amide bonds. The summed E-state index contributed by atoms with van der Waals surface area (Å²) in [6.45, 7) is 4.06. The van der Waals surface area contributed by atoms with Gasteiger partial charge in [-0.25, -0.2) is 0 Å². The number of hydrogen-bond donors (Lipinski definition) is 1. The minimum atomic E-state index is 0.155. The fraction of sp³-hybridized carbons (Fsp3) is 0.571. The van der Waals surface area contributed by atoms with Crippen molar-refractivity contribution in [3.63, 3.8) is 0 Å². The number of piperazine rings is 1. The minimum Gasteiger partial charge on any atom is -0.368 e. The molecule has 5 nitrogen and oxygen atoms in total. The van der Waals surface area contributed by atoms with Crippen LogP contribution in [-0.2, 0) is 4.79 Å². The molecule has 1 aliphatic heterocycles. The van der Waals surface area contributed by atoms with E-state index in [4.69, 9.17) is 11.6 Å². The topological polar surface area (TPSA) is 48.5 Å². The second-order valence-electron chi connectivity index (χ2n) is 5.43. The zero-order valence-electron chi connectivity index (χ0n) is 11.4. The summed E-state index contributed by atoms with van der Waals surface area (Å²) < 4.78 is 0. The number of hydrogen-bond acceptors (Lipinski definition) is 4. The number of rotatable bonds is 4. The van der Waals surface area contributed by atoms with Crippen molar-refractivity contribution in [2.75, 3.05) is 37.6 Å². The third kappa shape index (κ3) is 3.41. The van der Waals surface area contributed by atoms with E-state index >= 15 is 0 Å². The lowest BCUT2D eigenvalue weighted by Gasteiger charge is -2.36. The van der Waals surface area contributed by atoms with Gasteiger partial charge in [-0.2, -0.15) is 0 Å². The Kier molecular flexibility index (Phi) is 4.08. The number of anilines is 1. The quantitative estimate of drug-likeness (QED) is 0.905. The van der Waals surface area contributed by atoms with Crippen LogP contribution in [0.5, 0.6) is 0 Å². The third-order valence-corrected chi connectivity index (χ3v) is 4.06. The largest absolute Gasteiger partial charge is 0.368 e. The zero-order valence-corrected chi connectivity index (χ0v) is 12.1. The molecule has 1 aromatic rings. The summed E-state index contributed by atoms with van der Waals surface area (Å²) in [4.78, 5) is 20.2. The highest BCUT2D eigenvalue weighted by atomic mass is 35.5. The van der Waals surface area contributed by atoms with Crippen LogP contribution in [0.4, 0.5) is 5.69 Å². The van der Waals surface area contributed by atoms with Crippen molar-refractivity contribution in [2.45, 2.75) is 18.9 Å². The number of aromatic nitrogens is 1. The van der Waals surface area contributed by atoms with E-state index in [-0.39, 0.29) is 5.91 Å². The van der Waals surface area contributed by atoms with E-state index in [1.54, 1.807) is 12.4 Å². The lowest BCUT2D eigenvalue weighted by molar-refractivity contribution is -0.122. The van der Waals surface area contributed by atoms with Crippen LogP contribution >= 0.6 is 11.6 Å². The van der Waals surface area contributed by atoms with Crippen LogP contribution in [0.15, 0.2) is 18.5 Å². The van der Waals surface area contributed by atoms with Gasteiger partial charge in [0, 0.05) is 44.6 Å². The summed E-state index contributed by atoms with van der Waals surface area (Å²) in [5, 5.41) is 3.72. The standard InChI is InChI=1S/C14H19ClN4O/c15-12-9-16-4-3-13(12)19-7-5-18(6-8-19)10-14(20)17-11-1-2-11/h3-4,9,11H,1-2,5-8,10H2,(H,17,20). The molecule has 1 saturated carbocycles. The summed E-state index contributed by atoms with van der Waals surface area (Å²) in [5.74, 6) is 0.155. The molecule has 1 aromatic heterocycles. The molecular formula is C14H19ClN4O. The second kappa shape index (κ2) is 5.97. The van der Waals surface area contributed by atoms with Crippen LogP contribution in [0.3, 0.4) is 0 Å². The van der Waals surface area contributed by atoms with Crippen molar-refractivity contribution in [2.24, 2.45) is 0 Å². The molecule has 108 valence electrons. The second-order valence-corrected chi connectivity index (χ2v) is 5.84. The summed E-state index contributed by atoms with van der Waals surface area (Å²) in [5.41, 5.74) is 1.03. The van der Waals surface area contributed by atoms with E-state index in [9.17, 15) is 4.79 Å². The Balaban J connectivity index is 1.49. The molecule has 0 atom stereocenters. The summed E-state index contributed by atoms with van der Waals surface area (Å²) >= 11 is 6.16. The van der Waals surface area contributed by atoms with Gasteiger partial charge in [0.15, 0.2) is 0 Å². The first-order chi connectivity index (χ1) is 9.72. The van der Waals surface area contributed by atoms with Gasteiger partial charge in [-0.15, -0.1) is 0 Å². The van der Waals surface area contributed by atoms with Gasteiger partial charge in [0.2, 0.25) is 5.91 Å². The first-order valence-corrected chi connectivity index (χ1v) is 7.46. The van der Waals surface area contributed by atoms with E-state index in [2.05, 4.69) is 20.1 Å². The lowest BCUT2D eigenvalue weighted by Crippen LogP contribution is -2.49. The molecule has 0 bridgehead atoms. The Labute approximate surface area is 123 Å². The SMILES string of the molecule is O=C(CN1CCN(c2ccncc2Cl)CC1)NC1CC1. The smallest absolute Gasteiger partial charge is 0.234 e. The number of amides is 1. The summed E-state index contributed by atoms with van der Waals surface area (Å²) in [6, 6.07) is 2.39. The molecule has 2 heterocycles. The third-order valence-electron chi connectivity index (χ3n) is 3.77. The average Bonchev–Trinajstić information content (AvgIpc) is 3.24. The van der Waals surface area contributed by atoms with Crippen molar-refractivity contribution >= 4 is 23.2 Å². The van der Waals surface area contributed by atoms with Crippen molar-refractivity contribution in [1.82, 2.24) is 15.2 Å². The fourth-order valence-corrected chi connectivity index (χ4v) is 2.71. The van der Waals surface area contributed by atoms with Crippen LogP contribution in [0.2, 0.25) is 5.02 Å². The molecule has 3 rings (SSSR count). The Morgan fingerprint density at radius 1 is 1.35 bits per heavy atom. The first-order valence-electron chi connectivity index (χ1n) is 7.08. The molecule has 0 unspecified atom stereocenters. The van der Waals surface area contributed by atoms with Crippen LogP contribution in [0.25, 0.3) is 0 Å². The van der Waals surface area contributed by atoms with Crippen LogP contribution in [-0.4, -0.2) is 54.6 Å². The van der Waals surface area contributed by atoms with E-state index in [1.807, 2.05) is 6.07 Å². The Hall–Kier alpha value is -1.33. The van der Waals surface area contributed by atoms with Crippen molar-refractivity contribution < 1.29 is 4.79 Å². The number of carbonyl (C=O) groups excluding carboxylic acids is 1. The predicted molar refractivity (Wildman–Crippen MR) is 79.1 cm³/mol. The maximum absolute atomic E-state index is 11.8. The highest BCUT2D eigenvalue weighted by Crippen LogP contribution is 2.25. The number of halogens is 1. The predicted octanol–water partition coefficient (Wildman–Crippen LogP) is 1.14. The Morgan fingerprint density at radius 3 is 2.75 bits per heavy atom. The maximum atomic E-state index is 11.8. The molecule has 1 aliphatic carbocycles. The van der Waals surface area contributed by atoms with Gasteiger partial charge in [0.1, 0.15) is 0 Å². The molecule has 0 radical (unpaired) electrons. The molecule has 1 saturated heterocycles. The molecule has 0 aromatic carbocycles. The maximum Gasteiger partial charge on any atom is 0.234 e. The Bertz CT molecular complexity index is 484. The molecule has 0 spiro atoms. The number of nitrogens with one attached hydrogen (secondary N) is 1. The van der Waals surface area contributed by atoms with Crippen LogP contribution < -0.4 is 10.2 Å². The fourth-order valence-electron chi connectivity index (χ4n) is 2.48. The monoisotopic (exact) mass is 294 g/mol. The Morgan fingerprint density at radius 2 is 2.10 bits per heavy atom. The number of nitrogens with zero attached hydrogens (tertiary/aromatic N) is 3. The van der Waals surface area contributed by atoms with E-state index in [1.165, 1.54) is 0 Å². The molecule has 2 fully saturated rings. The zero-order chi connectivity index (χ0) is 13.9. The molecule has 1 N–H and O–H groups in total. The summed E-state index contributed by atoms with van der Waals surface area (Å²) in [7, 11) is 0. The molecular weight excluding hydrogens is 276 g/mol. The number of pyridine rings is 1. The van der Waals surface area contributed by atoms with E-state index < -0.39 is 0 Å². The minimum absolute atomic E-state index is 0.155. The highest BCUT2D eigenvalue weighted by Gasteiger charge is 2.25. The van der Waals surface area contributed by atoms with Crippen molar-refractivity contribution in [1.29, 1.82) is 0 Å². The van der Waals surface area contributed by atoms with Crippen molar-refractivity contribution in [3.8, 4) is 0 Å². The average molecular weight is 295 g/mol. The van der Waals surface area contributed by atoms with Gasteiger partial charge in [-0.3, -0.25) is 14.7 Å². The normalized spacial score (nSPS) is 19.9. The van der Waals surface area contributed by atoms with Gasteiger partial charge >= 0.3 is 0 Å². The van der Waals surface area contributed by atoms with Gasteiger partial charge < -0.3 is 10.2 Å². The van der Waals surface area contributed by atoms with Gasteiger partial charge in [-0.1, -0.05) is 11.6 Å². The van der Waals surface area contributed by atoms with E-state index in [0.29, 0.717) is 17.6 Å². The van der Waals surface area contributed by atoms with E-state index in [0.717, 1.165) is 44.7 Å².